The monoisotopic (exact) mass is 307 g/mol. The maximum Gasteiger partial charge on any atom is 0.122 e. The molecule has 2 rings (SSSR count). The molecule has 0 unspecified atom stereocenters. The molecule has 0 aromatic heterocycles. The lowest BCUT2D eigenvalue weighted by Crippen LogP contribution is -2.01. The number of hydrogen-bond acceptors (Lipinski definition) is 3. The van der Waals surface area contributed by atoms with E-state index >= 15 is 0 Å². The van der Waals surface area contributed by atoms with Gasteiger partial charge in [0.1, 0.15) is 5.75 Å². The molecule has 2 aromatic rings. The number of halogens is 1. The fourth-order valence-electron chi connectivity index (χ4n) is 1.80. The van der Waals surface area contributed by atoms with Crippen molar-refractivity contribution >= 4 is 29.1 Å². The van der Waals surface area contributed by atoms with Crippen molar-refractivity contribution in [2.75, 3.05) is 18.1 Å². The van der Waals surface area contributed by atoms with Crippen molar-refractivity contribution in [2.24, 2.45) is 0 Å². The average Bonchev–Trinajstić information content (AvgIpc) is 2.40. The lowest BCUT2D eigenvalue weighted by molar-refractivity contribution is 0.341. The summed E-state index contributed by atoms with van der Waals surface area (Å²) in [7, 11) is 0. The summed E-state index contributed by atoms with van der Waals surface area (Å²) < 4.78 is 5.81. The Kier molecular flexibility index (Phi) is 5.21. The molecule has 0 saturated carbocycles. The highest BCUT2D eigenvalue weighted by Crippen LogP contribution is 2.29. The third-order valence-corrected chi connectivity index (χ3v) is 4.36. The van der Waals surface area contributed by atoms with Crippen LogP contribution in [-0.2, 0) is 0 Å². The molecule has 0 aliphatic carbocycles. The summed E-state index contributed by atoms with van der Waals surface area (Å²) in [6.45, 7) is 4.77. The van der Waals surface area contributed by atoms with Crippen LogP contribution in [0, 0.1) is 13.8 Å². The fourth-order valence-corrected chi connectivity index (χ4v) is 2.90. The van der Waals surface area contributed by atoms with E-state index in [0.29, 0.717) is 17.3 Å². The van der Waals surface area contributed by atoms with Gasteiger partial charge in [-0.2, -0.15) is 0 Å². The van der Waals surface area contributed by atoms with Gasteiger partial charge in [0.2, 0.25) is 0 Å². The van der Waals surface area contributed by atoms with Gasteiger partial charge >= 0.3 is 0 Å². The van der Waals surface area contributed by atoms with Crippen LogP contribution in [0.5, 0.6) is 5.75 Å². The van der Waals surface area contributed by atoms with Gasteiger partial charge in [-0.1, -0.05) is 23.7 Å². The Morgan fingerprint density at radius 1 is 1.15 bits per heavy atom. The van der Waals surface area contributed by atoms with E-state index in [0.717, 1.165) is 22.0 Å². The van der Waals surface area contributed by atoms with Crippen molar-refractivity contribution in [1.82, 2.24) is 0 Å². The van der Waals surface area contributed by atoms with Crippen LogP contribution in [0.25, 0.3) is 0 Å². The minimum Gasteiger partial charge on any atom is -0.492 e. The summed E-state index contributed by atoms with van der Waals surface area (Å²) in [5.74, 6) is 1.80. The Labute approximate surface area is 129 Å². The zero-order valence-electron chi connectivity index (χ0n) is 11.7. The van der Waals surface area contributed by atoms with Gasteiger partial charge in [-0.3, -0.25) is 0 Å². The summed E-state index contributed by atoms with van der Waals surface area (Å²) in [5, 5.41) is 0.696. The molecule has 0 aliphatic heterocycles. The van der Waals surface area contributed by atoms with Gasteiger partial charge in [-0.25, -0.2) is 0 Å². The minimum atomic E-state index is 0.648. The number of thioether (sulfide) groups is 1. The molecule has 0 heterocycles. The molecule has 0 fully saturated rings. The molecule has 0 atom stereocenters. The highest BCUT2D eigenvalue weighted by molar-refractivity contribution is 7.99. The second-order valence-corrected chi connectivity index (χ2v) is 6.20. The molecule has 2 N–H and O–H groups in total. The lowest BCUT2D eigenvalue weighted by Gasteiger charge is -2.10. The van der Waals surface area contributed by atoms with Crippen LogP contribution in [-0.4, -0.2) is 12.4 Å². The van der Waals surface area contributed by atoms with Crippen LogP contribution in [0.3, 0.4) is 0 Å². The van der Waals surface area contributed by atoms with Crippen molar-refractivity contribution in [1.29, 1.82) is 0 Å². The van der Waals surface area contributed by atoms with Gasteiger partial charge in [0.05, 0.1) is 11.6 Å². The van der Waals surface area contributed by atoms with E-state index in [9.17, 15) is 0 Å². The van der Waals surface area contributed by atoms with Crippen molar-refractivity contribution in [3.05, 3.63) is 52.5 Å². The van der Waals surface area contributed by atoms with E-state index < -0.39 is 0 Å². The number of hydrogen-bond donors (Lipinski definition) is 1. The normalized spacial score (nSPS) is 10.6. The average molecular weight is 308 g/mol. The molecule has 20 heavy (non-hydrogen) atoms. The summed E-state index contributed by atoms with van der Waals surface area (Å²) in [6, 6.07) is 11.8. The van der Waals surface area contributed by atoms with Gasteiger partial charge in [0, 0.05) is 16.3 Å². The number of rotatable bonds is 5. The minimum absolute atomic E-state index is 0.648. The maximum absolute atomic E-state index is 6.13. The SMILES string of the molecule is Cc1ccc(C)c(OCCSc2ccc(N)cc2Cl)c1. The number of nitrogens with two attached hydrogens (primary N) is 1. The molecule has 0 bridgehead atoms. The van der Waals surface area contributed by atoms with E-state index in [1.807, 2.05) is 12.1 Å². The van der Waals surface area contributed by atoms with E-state index in [2.05, 4.69) is 32.0 Å². The van der Waals surface area contributed by atoms with Gasteiger partial charge in [0.15, 0.2) is 0 Å². The quantitative estimate of drug-likeness (QED) is 0.493. The second-order valence-electron chi connectivity index (χ2n) is 4.66. The van der Waals surface area contributed by atoms with E-state index in [4.69, 9.17) is 22.1 Å². The predicted octanol–water partition coefficient (Wildman–Crippen LogP) is 4.71. The summed E-state index contributed by atoms with van der Waals surface area (Å²) in [6.07, 6.45) is 0. The Bertz CT molecular complexity index is 601. The second kappa shape index (κ2) is 6.91. The number of ether oxygens (including phenoxy) is 1. The number of aryl methyl sites for hydroxylation is 2. The Morgan fingerprint density at radius 3 is 2.70 bits per heavy atom. The largest absolute Gasteiger partial charge is 0.492 e. The summed E-state index contributed by atoms with van der Waals surface area (Å²) >= 11 is 7.80. The van der Waals surface area contributed by atoms with Crippen LogP contribution in [0.2, 0.25) is 5.02 Å². The standard InChI is InChI=1S/C16H18ClNOS/c1-11-3-4-12(2)15(9-11)19-7-8-20-16-6-5-13(18)10-14(16)17/h3-6,9-10H,7-8,18H2,1-2H3. The molecular weight excluding hydrogens is 290 g/mol. The smallest absolute Gasteiger partial charge is 0.122 e. The molecule has 0 spiro atoms. The molecule has 0 aliphatic rings. The fraction of sp³-hybridized carbons (Fsp3) is 0.250. The summed E-state index contributed by atoms with van der Waals surface area (Å²) in [5.41, 5.74) is 8.72. The molecular formula is C16H18ClNOS. The lowest BCUT2D eigenvalue weighted by atomic mass is 10.1. The van der Waals surface area contributed by atoms with Gasteiger partial charge in [-0.05, 0) is 49.2 Å². The first-order valence-electron chi connectivity index (χ1n) is 6.44. The van der Waals surface area contributed by atoms with Gasteiger partial charge < -0.3 is 10.5 Å². The Morgan fingerprint density at radius 2 is 1.95 bits per heavy atom. The van der Waals surface area contributed by atoms with Crippen molar-refractivity contribution in [3.63, 3.8) is 0 Å². The molecule has 4 heteroatoms. The highest BCUT2D eigenvalue weighted by Gasteiger charge is 2.03. The zero-order valence-corrected chi connectivity index (χ0v) is 13.2. The van der Waals surface area contributed by atoms with Crippen molar-refractivity contribution in [2.45, 2.75) is 18.7 Å². The first kappa shape index (κ1) is 15.1. The van der Waals surface area contributed by atoms with E-state index in [1.54, 1.807) is 17.8 Å². The van der Waals surface area contributed by atoms with Crippen molar-refractivity contribution in [3.8, 4) is 5.75 Å². The summed E-state index contributed by atoms with van der Waals surface area (Å²) in [4.78, 5) is 1.03. The molecule has 2 nitrogen and oxygen atoms in total. The molecule has 0 amide bonds. The van der Waals surface area contributed by atoms with Crippen LogP contribution >= 0.6 is 23.4 Å². The van der Waals surface area contributed by atoms with Gasteiger partial charge in [-0.15, -0.1) is 11.8 Å². The van der Waals surface area contributed by atoms with E-state index in [-0.39, 0.29) is 0 Å². The predicted molar refractivity (Wildman–Crippen MR) is 88.0 cm³/mol. The molecule has 106 valence electrons. The maximum atomic E-state index is 6.13. The van der Waals surface area contributed by atoms with Crippen molar-refractivity contribution < 1.29 is 4.74 Å². The first-order chi connectivity index (χ1) is 9.56. The van der Waals surface area contributed by atoms with Gasteiger partial charge in [0.25, 0.3) is 0 Å². The third-order valence-electron chi connectivity index (χ3n) is 2.90. The number of nitrogen functional groups attached to an aromatic ring is 1. The van der Waals surface area contributed by atoms with Crippen LogP contribution in [0.4, 0.5) is 5.69 Å². The third kappa shape index (κ3) is 4.09. The Hall–Kier alpha value is -1.32. The Balaban J connectivity index is 1.86. The molecule has 2 aromatic carbocycles. The van der Waals surface area contributed by atoms with Crippen LogP contribution in [0.15, 0.2) is 41.3 Å². The topological polar surface area (TPSA) is 35.2 Å². The number of anilines is 1. The molecule has 0 radical (unpaired) electrons. The van der Waals surface area contributed by atoms with E-state index in [1.165, 1.54) is 5.56 Å². The highest BCUT2D eigenvalue weighted by atomic mass is 35.5. The van der Waals surface area contributed by atoms with Crippen LogP contribution < -0.4 is 10.5 Å². The number of benzene rings is 2. The van der Waals surface area contributed by atoms with Crippen LogP contribution in [0.1, 0.15) is 11.1 Å². The first-order valence-corrected chi connectivity index (χ1v) is 7.80. The molecule has 0 saturated heterocycles. The zero-order chi connectivity index (χ0) is 14.5.